The molecular formula is C27H37N5O3. The molecule has 3 fully saturated rings. The Morgan fingerprint density at radius 2 is 1.74 bits per heavy atom. The third-order valence-corrected chi connectivity index (χ3v) is 7.66. The molecule has 2 aliphatic heterocycles. The lowest BCUT2D eigenvalue weighted by atomic mass is 9.81. The molecule has 3 aliphatic rings. The SMILES string of the molecule is CC=C1C(=O)N(CC2CCC(C(=O)N3CCN(c4ccccn4)CC3)CC2)CC(=O)N(C)C1=CC. The fraction of sp³-hybridized carbons (Fsp3) is 0.556. The number of piperazine rings is 1. The van der Waals surface area contributed by atoms with E-state index in [-0.39, 0.29) is 30.2 Å². The Kier molecular flexibility index (Phi) is 7.88. The van der Waals surface area contributed by atoms with Crippen LogP contribution in [0.3, 0.4) is 0 Å². The Morgan fingerprint density at radius 1 is 1.03 bits per heavy atom. The van der Waals surface area contributed by atoms with E-state index in [1.54, 1.807) is 29.1 Å². The maximum absolute atomic E-state index is 13.2. The van der Waals surface area contributed by atoms with Crippen molar-refractivity contribution in [2.24, 2.45) is 11.8 Å². The second-order valence-electron chi connectivity index (χ2n) is 9.73. The van der Waals surface area contributed by atoms with Crippen molar-refractivity contribution in [3.8, 4) is 0 Å². The molecule has 0 aromatic carbocycles. The molecule has 1 aromatic heterocycles. The zero-order valence-corrected chi connectivity index (χ0v) is 21.2. The van der Waals surface area contributed by atoms with Gasteiger partial charge in [0.05, 0.1) is 11.3 Å². The van der Waals surface area contributed by atoms with Crippen molar-refractivity contribution in [3.63, 3.8) is 0 Å². The van der Waals surface area contributed by atoms with E-state index >= 15 is 0 Å². The molecule has 0 unspecified atom stereocenters. The molecule has 3 heterocycles. The molecule has 3 amide bonds. The van der Waals surface area contributed by atoms with Crippen LogP contribution in [-0.2, 0) is 14.4 Å². The number of nitrogens with zero attached hydrogens (tertiary/aromatic N) is 5. The lowest BCUT2D eigenvalue weighted by Gasteiger charge is -2.38. The highest BCUT2D eigenvalue weighted by molar-refractivity contribution is 6.02. The molecule has 0 N–H and O–H groups in total. The van der Waals surface area contributed by atoms with Crippen molar-refractivity contribution >= 4 is 23.5 Å². The van der Waals surface area contributed by atoms with Crippen molar-refractivity contribution in [3.05, 3.63) is 47.8 Å². The van der Waals surface area contributed by atoms with E-state index in [0.717, 1.165) is 57.7 Å². The zero-order valence-electron chi connectivity index (χ0n) is 21.2. The van der Waals surface area contributed by atoms with Crippen LogP contribution in [0.4, 0.5) is 5.82 Å². The van der Waals surface area contributed by atoms with E-state index in [2.05, 4.69) is 9.88 Å². The highest BCUT2D eigenvalue weighted by Gasteiger charge is 2.35. The topological polar surface area (TPSA) is 77.1 Å². The molecular weight excluding hydrogens is 442 g/mol. The number of carbonyl (C=O) groups excluding carboxylic acids is 3. The van der Waals surface area contributed by atoms with Gasteiger partial charge in [-0.05, 0) is 57.6 Å². The average molecular weight is 480 g/mol. The minimum absolute atomic E-state index is 0.0565. The van der Waals surface area contributed by atoms with Crippen LogP contribution in [-0.4, -0.2) is 83.7 Å². The van der Waals surface area contributed by atoms with Gasteiger partial charge in [0, 0.05) is 51.9 Å². The fourth-order valence-electron chi connectivity index (χ4n) is 5.56. The van der Waals surface area contributed by atoms with Crippen LogP contribution in [0.1, 0.15) is 39.5 Å². The van der Waals surface area contributed by atoms with Gasteiger partial charge in [-0.1, -0.05) is 18.2 Å². The molecule has 0 spiro atoms. The molecule has 35 heavy (non-hydrogen) atoms. The Balaban J connectivity index is 1.29. The number of hydrogen-bond donors (Lipinski definition) is 0. The van der Waals surface area contributed by atoms with Crippen molar-refractivity contribution in [2.75, 3.05) is 51.2 Å². The summed E-state index contributed by atoms with van der Waals surface area (Å²) in [5.41, 5.74) is 1.25. The summed E-state index contributed by atoms with van der Waals surface area (Å²) >= 11 is 0. The first-order valence-electron chi connectivity index (χ1n) is 12.8. The van der Waals surface area contributed by atoms with Crippen LogP contribution in [0, 0.1) is 11.8 Å². The number of likely N-dealkylation sites (N-methyl/N-ethyl adjacent to an activating group) is 1. The van der Waals surface area contributed by atoms with Crippen molar-refractivity contribution in [1.82, 2.24) is 19.7 Å². The van der Waals surface area contributed by atoms with Crippen LogP contribution in [0.5, 0.6) is 0 Å². The number of anilines is 1. The summed E-state index contributed by atoms with van der Waals surface area (Å²) in [7, 11) is 1.73. The summed E-state index contributed by atoms with van der Waals surface area (Å²) < 4.78 is 0. The third-order valence-electron chi connectivity index (χ3n) is 7.66. The maximum atomic E-state index is 13.2. The predicted molar refractivity (Wildman–Crippen MR) is 135 cm³/mol. The van der Waals surface area contributed by atoms with Gasteiger partial charge in [-0.25, -0.2) is 4.98 Å². The monoisotopic (exact) mass is 479 g/mol. The van der Waals surface area contributed by atoms with Gasteiger partial charge >= 0.3 is 0 Å². The third kappa shape index (κ3) is 5.41. The molecule has 8 nitrogen and oxygen atoms in total. The lowest BCUT2D eigenvalue weighted by Crippen LogP contribution is -2.51. The average Bonchev–Trinajstić information content (AvgIpc) is 2.98. The molecule has 4 rings (SSSR count). The van der Waals surface area contributed by atoms with E-state index in [1.807, 2.05) is 43.0 Å². The molecule has 0 radical (unpaired) electrons. The van der Waals surface area contributed by atoms with Gasteiger partial charge < -0.3 is 19.6 Å². The van der Waals surface area contributed by atoms with E-state index in [0.29, 0.717) is 23.7 Å². The highest BCUT2D eigenvalue weighted by atomic mass is 16.2. The fourth-order valence-corrected chi connectivity index (χ4v) is 5.56. The Morgan fingerprint density at radius 3 is 2.34 bits per heavy atom. The van der Waals surface area contributed by atoms with Gasteiger partial charge in [-0.15, -0.1) is 0 Å². The second kappa shape index (κ2) is 11.1. The predicted octanol–water partition coefficient (Wildman–Crippen LogP) is 2.69. The largest absolute Gasteiger partial charge is 0.353 e. The molecule has 0 atom stereocenters. The molecule has 8 heteroatoms. The van der Waals surface area contributed by atoms with Gasteiger partial charge in [0.25, 0.3) is 5.91 Å². The molecule has 188 valence electrons. The minimum Gasteiger partial charge on any atom is -0.353 e. The number of hydrogen-bond acceptors (Lipinski definition) is 5. The van der Waals surface area contributed by atoms with E-state index in [4.69, 9.17) is 0 Å². The van der Waals surface area contributed by atoms with Crippen molar-refractivity contribution in [2.45, 2.75) is 39.5 Å². The van der Waals surface area contributed by atoms with Crippen LogP contribution in [0.15, 0.2) is 47.8 Å². The molecule has 0 bridgehead atoms. The van der Waals surface area contributed by atoms with Gasteiger partial charge in [0.1, 0.15) is 12.4 Å². The van der Waals surface area contributed by atoms with E-state index in [9.17, 15) is 14.4 Å². The van der Waals surface area contributed by atoms with E-state index in [1.165, 1.54) is 0 Å². The van der Waals surface area contributed by atoms with Gasteiger partial charge in [-0.3, -0.25) is 14.4 Å². The summed E-state index contributed by atoms with van der Waals surface area (Å²) in [6, 6.07) is 5.92. The number of rotatable bonds is 4. The molecule has 1 aliphatic carbocycles. The quantitative estimate of drug-likeness (QED) is 0.621. The lowest BCUT2D eigenvalue weighted by molar-refractivity contribution is -0.138. The first-order valence-corrected chi connectivity index (χ1v) is 12.8. The van der Waals surface area contributed by atoms with Gasteiger partial charge in [0.15, 0.2) is 0 Å². The van der Waals surface area contributed by atoms with Crippen molar-refractivity contribution < 1.29 is 14.4 Å². The highest BCUT2D eigenvalue weighted by Crippen LogP contribution is 2.32. The zero-order chi connectivity index (χ0) is 24.9. The summed E-state index contributed by atoms with van der Waals surface area (Å²) in [6.07, 6.45) is 8.91. The standard InChI is InChI=1S/C27H37N5O3/c1-4-22-23(5-2)29(3)25(33)19-32(27(22)35)18-20-9-11-21(12-10-20)26(34)31-16-14-30(15-17-31)24-8-6-7-13-28-24/h4-8,13,20-21H,9-12,14-19H2,1-3H3. The first-order chi connectivity index (χ1) is 16.9. The summed E-state index contributed by atoms with van der Waals surface area (Å²) in [6.45, 7) is 7.42. The van der Waals surface area contributed by atoms with Crippen LogP contribution in [0.25, 0.3) is 0 Å². The van der Waals surface area contributed by atoms with E-state index < -0.39 is 0 Å². The second-order valence-corrected chi connectivity index (χ2v) is 9.73. The van der Waals surface area contributed by atoms with Crippen molar-refractivity contribution in [1.29, 1.82) is 0 Å². The molecule has 1 aromatic rings. The number of aromatic nitrogens is 1. The number of amides is 3. The Labute approximate surface area is 208 Å². The van der Waals surface area contributed by atoms with Crippen LogP contribution < -0.4 is 4.90 Å². The van der Waals surface area contributed by atoms with Gasteiger partial charge in [-0.2, -0.15) is 0 Å². The molecule has 2 saturated heterocycles. The number of pyridine rings is 1. The molecule has 1 saturated carbocycles. The summed E-state index contributed by atoms with van der Waals surface area (Å²) in [5.74, 6) is 1.45. The minimum atomic E-state index is -0.0812. The number of carbonyl (C=O) groups is 3. The summed E-state index contributed by atoms with van der Waals surface area (Å²) in [4.78, 5) is 51.0. The van der Waals surface area contributed by atoms with Crippen LogP contribution in [0.2, 0.25) is 0 Å². The number of allylic oxidation sites excluding steroid dienone is 2. The Bertz CT molecular complexity index is 989. The van der Waals surface area contributed by atoms with Crippen LogP contribution >= 0.6 is 0 Å². The normalized spacial score (nSPS) is 26.5. The smallest absolute Gasteiger partial charge is 0.256 e. The summed E-state index contributed by atoms with van der Waals surface area (Å²) in [5, 5.41) is 0. The maximum Gasteiger partial charge on any atom is 0.256 e. The Hall–Kier alpha value is -3.16. The van der Waals surface area contributed by atoms with Gasteiger partial charge in [0.2, 0.25) is 11.8 Å². The first kappa shape index (κ1) is 24.9.